The first-order chi connectivity index (χ1) is 7.58. The molecule has 0 aliphatic heterocycles. The van der Waals surface area contributed by atoms with Gasteiger partial charge >= 0.3 is 5.97 Å². The fourth-order valence-electron chi connectivity index (χ4n) is 1.26. The third kappa shape index (κ3) is 3.10. The summed E-state index contributed by atoms with van der Waals surface area (Å²) in [6.07, 6.45) is 1.62. The van der Waals surface area contributed by atoms with Crippen LogP contribution < -0.4 is 10.6 Å². The zero-order chi connectivity index (χ0) is 12.0. The van der Waals surface area contributed by atoms with Crippen LogP contribution in [0.3, 0.4) is 0 Å². The number of benzene rings is 1. The molecule has 0 radical (unpaired) electrons. The molecule has 0 amide bonds. The molecule has 0 aromatic heterocycles. The number of carboxylic acids is 1. The van der Waals surface area contributed by atoms with Gasteiger partial charge in [-0.15, -0.1) is 6.58 Å². The molecule has 0 aliphatic carbocycles. The van der Waals surface area contributed by atoms with Gasteiger partial charge in [-0.2, -0.15) is 0 Å². The third-order valence-electron chi connectivity index (χ3n) is 2.20. The van der Waals surface area contributed by atoms with Gasteiger partial charge in [0.15, 0.2) is 5.66 Å². The van der Waals surface area contributed by atoms with Crippen molar-refractivity contribution >= 4 is 11.7 Å². The van der Waals surface area contributed by atoms with Crippen LogP contribution in [-0.4, -0.2) is 23.3 Å². The molecule has 16 heavy (non-hydrogen) atoms. The van der Waals surface area contributed by atoms with Crippen molar-refractivity contribution in [1.29, 1.82) is 0 Å². The number of carbonyl (C=O) groups is 1. The molecule has 4 heteroatoms. The van der Waals surface area contributed by atoms with Gasteiger partial charge in [0, 0.05) is 12.2 Å². The summed E-state index contributed by atoms with van der Waals surface area (Å²) in [5.74, 6) is -0.960. The summed E-state index contributed by atoms with van der Waals surface area (Å²) in [7, 11) is 0. The molecule has 3 N–H and O–H groups in total. The molecule has 1 aromatic carbocycles. The maximum atomic E-state index is 11.2. The highest BCUT2D eigenvalue weighted by Gasteiger charge is 2.31. The van der Waals surface area contributed by atoms with E-state index in [0.717, 1.165) is 5.69 Å². The van der Waals surface area contributed by atoms with Crippen molar-refractivity contribution in [2.75, 3.05) is 11.9 Å². The maximum absolute atomic E-state index is 11.2. The second-order valence-corrected chi connectivity index (χ2v) is 3.59. The average Bonchev–Trinajstić information content (AvgIpc) is 2.27. The van der Waals surface area contributed by atoms with Crippen molar-refractivity contribution in [3.05, 3.63) is 43.0 Å². The molecule has 1 unspecified atom stereocenters. The van der Waals surface area contributed by atoms with Gasteiger partial charge in [0.2, 0.25) is 0 Å². The van der Waals surface area contributed by atoms with E-state index >= 15 is 0 Å². The smallest absolute Gasteiger partial charge is 0.344 e. The van der Waals surface area contributed by atoms with E-state index in [0.29, 0.717) is 6.54 Å². The number of hydrogen-bond acceptors (Lipinski definition) is 3. The topological polar surface area (TPSA) is 61.4 Å². The third-order valence-corrected chi connectivity index (χ3v) is 2.20. The molecular weight excluding hydrogens is 204 g/mol. The molecule has 0 saturated carbocycles. The van der Waals surface area contributed by atoms with Gasteiger partial charge in [-0.1, -0.05) is 24.3 Å². The van der Waals surface area contributed by atoms with Gasteiger partial charge in [-0.3, -0.25) is 5.32 Å². The van der Waals surface area contributed by atoms with E-state index in [9.17, 15) is 4.79 Å². The molecular formula is C12H16N2O2. The largest absolute Gasteiger partial charge is 0.478 e. The van der Waals surface area contributed by atoms with Crippen molar-refractivity contribution in [1.82, 2.24) is 5.32 Å². The van der Waals surface area contributed by atoms with E-state index < -0.39 is 11.6 Å². The monoisotopic (exact) mass is 220 g/mol. The van der Waals surface area contributed by atoms with E-state index in [2.05, 4.69) is 17.2 Å². The molecule has 0 heterocycles. The second kappa shape index (κ2) is 5.32. The molecule has 0 aliphatic rings. The highest BCUT2D eigenvalue weighted by atomic mass is 16.4. The van der Waals surface area contributed by atoms with Crippen molar-refractivity contribution < 1.29 is 9.90 Å². The molecule has 86 valence electrons. The van der Waals surface area contributed by atoms with Crippen LogP contribution in [-0.2, 0) is 4.79 Å². The van der Waals surface area contributed by atoms with Crippen molar-refractivity contribution in [3.8, 4) is 0 Å². The number of carboxylic acid groups (broad SMARTS) is 1. The Bertz CT molecular complexity index is 365. The van der Waals surface area contributed by atoms with Gasteiger partial charge in [-0.05, 0) is 19.1 Å². The minimum absolute atomic E-state index is 0.419. The molecule has 0 spiro atoms. The number of aliphatic carboxylic acids is 1. The highest BCUT2D eigenvalue weighted by Crippen LogP contribution is 2.12. The Morgan fingerprint density at radius 1 is 1.50 bits per heavy atom. The standard InChI is InChI=1S/C12H16N2O2/c1-3-9-13-12(2,11(15)16)14-10-7-5-4-6-8-10/h3-8,13-14H,1,9H2,2H3,(H,15,16). The summed E-state index contributed by atoms with van der Waals surface area (Å²) in [4.78, 5) is 11.2. The molecule has 0 fully saturated rings. The number of anilines is 1. The van der Waals surface area contributed by atoms with Gasteiger partial charge < -0.3 is 10.4 Å². The van der Waals surface area contributed by atoms with Crippen LogP contribution in [0, 0.1) is 0 Å². The summed E-state index contributed by atoms with van der Waals surface area (Å²) < 4.78 is 0. The number of para-hydroxylation sites is 1. The summed E-state index contributed by atoms with van der Waals surface area (Å²) in [6.45, 7) is 5.54. The fraction of sp³-hybridized carbons (Fsp3) is 0.250. The fourth-order valence-corrected chi connectivity index (χ4v) is 1.26. The summed E-state index contributed by atoms with van der Waals surface area (Å²) >= 11 is 0. The predicted octanol–water partition coefficient (Wildman–Crippen LogP) is 1.67. The molecule has 0 bridgehead atoms. The second-order valence-electron chi connectivity index (χ2n) is 3.59. The number of nitrogens with one attached hydrogen (secondary N) is 2. The Morgan fingerprint density at radius 2 is 2.12 bits per heavy atom. The summed E-state index contributed by atoms with van der Waals surface area (Å²) in [6, 6.07) is 9.20. The Morgan fingerprint density at radius 3 is 2.62 bits per heavy atom. The van der Waals surface area contributed by atoms with Crippen molar-refractivity contribution in [2.24, 2.45) is 0 Å². The Kier molecular flexibility index (Phi) is 4.08. The lowest BCUT2D eigenvalue weighted by Gasteiger charge is -2.28. The first-order valence-electron chi connectivity index (χ1n) is 5.01. The zero-order valence-electron chi connectivity index (χ0n) is 9.23. The molecule has 1 atom stereocenters. The summed E-state index contributed by atoms with van der Waals surface area (Å²) in [5.41, 5.74) is -0.445. The van der Waals surface area contributed by atoms with Crippen LogP contribution in [0.2, 0.25) is 0 Å². The summed E-state index contributed by atoms with van der Waals surface area (Å²) in [5, 5.41) is 15.0. The van der Waals surface area contributed by atoms with Gasteiger partial charge in [0.05, 0.1) is 0 Å². The van der Waals surface area contributed by atoms with Crippen molar-refractivity contribution in [2.45, 2.75) is 12.6 Å². The minimum Gasteiger partial charge on any atom is -0.478 e. The van der Waals surface area contributed by atoms with E-state index in [4.69, 9.17) is 5.11 Å². The quantitative estimate of drug-likeness (QED) is 0.504. The number of rotatable bonds is 6. The minimum atomic E-state index is -1.20. The number of hydrogen-bond donors (Lipinski definition) is 3. The lowest BCUT2D eigenvalue weighted by atomic mass is 10.1. The van der Waals surface area contributed by atoms with Gasteiger partial charge in [0.25, 0.3) is 0 Å². The van der Waals surface area contributed by atoms with E-state index in [1.807, 2.05) is 30.3 Å². The van der Waals surface area contributed by atoms with Crippen LogP contribution in [0.15, 0.2) is 43.0 Å². The Hall–Kier alpha value is -1.81. The van der Waals surface area contributed by atoms with Crippen LogP contribution in [0.1, 0.15) is 6.92 Å². The van der Waals surface area contributed by atoms with E-state index in [1.54, 1.807) is 13.0 Å². The predicted molar refractivity (Wildman–Crippen MR) is 64.3 cm³/mol. The maximum Gasteiger partial charge on any atom is 0.344 e. The van der Waals surface area contributed by atoms with Crippen molar-refractivity contribution in [3.63, 3.8) is 0 Å². The van der Waals surface area contributed by atoms with Crippen LogP contribution in [0.5, 0.6) is 0 Å². The molecule has 1 rings (SSSR count). The van der Waals surface area contributed by atoms with Crippen LogP contribution in [0.4, 0.5) is 5.69 Å². The SMILES string of the molecule is C=CCNC(C)(Nc1ccccc1)C(=O)O. The van der Waals surface area contributed by atoms with Gasteiger partial charge in [-0.25, -0.2) is 4.79 Å². The van der Waals surface area contributed by atoms with Gasteiger partial charge in [0.1, 0.15) is 0 Å². The van der Waals surface area contributed by atoms with E-state index in [1.165, 1.54) is 0 Å². The average molecular weight is 220 g/mol. The lowest BCUT2D eigenvalue weighted by Crippen LogP contribution is -2.55. The zero-order valence-corrected chi connectivity index (χ0v) is 9.23. The Labute approximate surface area is 95.0 Å². The normalized spacial score (nSPS) is 13.8. The lowest BCUT2D eigenvalue weighted by molar-refractivity contribution is -0.142. The van der Waals surface area contributed by atoms with E-state index in [-0.39, 0.29) is 0 Å². The van der Waals surface area contributed by atoms with Crippen LogP contribution >= 0.6 is 0 Å². The highest BCUT2D eigenvalue weighted by molar-refractivity contribution is 5.81. The first-order valence-corrected chi connectivity index (χ1v) is 5.01. The first kappa shape index (κ1) is 12.3. The molecule has 1 aromatic rings. The molecule has 4 nitrogen and oxygen atoms in total. The Balaban J connectivity index is 2.79. The molecule has 0 saturated heterocycles. The van der Waals surface area contributed by atoms with Crippen LogP contribution in [0.25, 0.3) is 0 Å².